The van der Waals surface area contributed by atoms with E-state index in [9.17, 15) is 26.4 Å². The number of rotatable bonds is 14. The second kappa shape index (κ2) is 13.5. The average molecular weight is 664 g/mol. The Morgan fingerprint density at radius 2 is 1.91 bits per heavy atom. The van der Waals surface area contributed by atoms with Crippen molar-refractivity contribution in [2.45, 2.75) is 37.4 Å². The van der Waals surface area contributed by atoms with Crippen LogP contribution in [0.15, 0.2) is 58.3 Å². The highest BCUT2D eigenvalue weighted by Gasteiger charge is 2.42. The number of aryl methyl sites for hydroxylation is 1. The molecule has 0 spiro atoms. The third-order valence-corrected chi connectivity index (χ3v) is 7.88. The number of alkyl halides is 3. The fourth-order valence-corrected chi connectivity index (χ4v) is 5.28. The fraction of sp³-hybridized carbons (Fsp3) is 0.296. The van der Waals surface area contributed by atoms with Gasteiger partial charge in [-0.25, -0.2) is 27.8 Å². The summed E-state index contributed by atoms with van der Waals surface area (Å²) in [7, 11) is -4.48. The zero-order valence-corrected chi connectivity index (χ0v) is 25.0. The first-order valence-corrected chi connectivity index (χ1v) is 15.3. The number of nitrogens with two attached hydrogens (primary N) is 1. The lowest BCUT2D eigenvalue weighted by molar-refractivity contribution is -0.203. The number of halogens is 3. The number of ether oxygens (including phenoxy) is 1. The highest BCUT2D eigenvalue weighted by molar-refractivity contribution is 7.89. The molecular weight excluding hydrogens is 635 g/mol. The van der Waals surface area contributed by atoms with E-state index in [2.05, 4.69) is 30.4 Å². The minimum atomic E-state index is -5.33. The van der Waals surface area contributed by atoms with E-state index in [1.165, 1.54) is 29.2 Å². The lowest BCUT2D eigenvalue weighted by Gasteiger charge is -2.12. The Hall–Kier alpha value is -5.01. The number of pyridine rings is 1. The topological polar surface area (TPSA) is 205 Å². The normalized spacial score (nSPS) is 12.1. The van der Waals surface area contributed by atoms with E-state index < -0.39 is 22.2 Å². The summed E-state index contributed by atoms with van der Waals surface area (Å²) in [5.74, 6) is -1.57. The zero-order chi connectivity index (χ0) is 32.9. The van der Waals surface area contributed by atoms with Crippen LogP contribution >= 0.6 is 0 Å². The number of hydrogen-bond donors (Lipinski definition) is 4. The molecule has 19 heteroatoms. The lowest BCUT2D eigenvalue weighted by Crippen LogP contribution is -2.34. The van der Waals surface area contributed by atoms with Crippen LogP contribution in [-0.2, 0) is 32.6 Å². The van der Waals surface area contributed by atoms with Crippen molar-refractivity contribution in [1.82, 2.24) is 40.0 Å². The van der Waals surface area contributed by atoms with Gasteiger partial charge in [-0.2, -0.15) is 13.2 Å². The Morgan fingerprint density at radius 3 is 2.57 bits per heavy atom. The quantitative estimate of drug-likeness (QED) is 0.1000. The molecule has 0 bridgehead atoms. The van der Waals surface area contributed by atoms with Crippen molar-refractivity contribution in [2.75, 3.05) is 25.4 Å². The molecule has 5 N–H and O–H groups in total. The van der Waals surface area contributed by atoms with E-state index in [-0.39, 0.29) is 10.7 Å². The maximum absolute atomic E-state index is 12.2. The summed E-state index contributed by atoms with van der Waals surface area (Å²) >= 11 is 0. The molecule has 5 aromatic rings. The first kappa shape index (κ1) is 32.4. The Morgan fingerprint density at radius 1 is 1.13 bits per heavy atom. The van der Waals surface area contributed by atoms with Gasteiger partial charge in [0.25, 0.3) is 10.0 Å². The van der Waals surface area contributed by atoms with Gasteiger partial charge in [-0.1, -0.05) is 12.1 Å². The number of carbonyl (C=O) groups is 1. The van der Waals surface area contributed by atoms with Gasteiger partial charge in [-0.05, 0) is 77.9 Å². The number of anilines is 1. The van der Waals surface area contributed by atoms with Crippen LogP contribution in [0, 0.1) is 0 Å². The van der Waals surface area contributed by atoms with Crippen molar-refractivity contribution >= 4 is 32.8 Å². The SMILES string of the molecule is CCn1c(-c2nonc2N)nc2c(-c3ccc[nH]3)ncc(OCCCNCCc3ccc(S(=O)(=O)NOC(=O)C(F)(F)F)cc3)c21. The molecule has 0 saturated carbocycles. The molecule has 0 fully saturated rings. The minimum absolute atomic E-state index is 0.109. The minimum Gasteiger partial charge on any atom is -0.490 e. The van der Waals surface area contributed by atoms with E-state index in [1.54, 1.807) is 12.4 Å². The van der Waals surface area contributed by atoms with Crippen LogP contribution in [0.1, 0.15) is 18.9 Å². The van der Waals surface area contributed by atoms with Gasteiger partial charge in [0.05, 0.1) is 23.4 Å². The molecule has 0 aliphatic carbocycles. The molecule has 0 aliphatic rings. The monoisotopic (exact) mass is 663 g/mol. The first-order chi connectivity index (χ1) is 22.0. The fourth-order valence-electron chi connectivity index (χ4n) is 4.50. The molecular formula is C27H28F3N9O6S. The van der Waals surface area contributed by atoms with Gasteiger partial charge in [0.15, 0.2) is 23.1 Å². The summed E-state index contributed by atoms with van der Waals surface area (Å²) in [5.41, 5.74) is 9.76. The van der Waals surface area contributed by atoms with Crippen LogP contribution in [0.5, 0.6) is 5.75 Å². The number of aromatic amines is 1. The highest BCUT2D eigenvalue weighted by atomic mass is 32.2. The highest BCUT2D eigenvalue weighted by Crippen LogP contribution is 2.36. The third-order valence-electron chi connectivity index (χ3n) is 6.69. The van der Waals surface area contributed by atoms with Gasteiger partial charge in [-0.3, -0.25) is 0 Å². The van der Waals surface area contributed by atoms with Crippen molar-refractivity contribution in [2.24, 2.45) is 0 Å². The molecule has 46 heavy (non-hydrogen) atoms. The van der Waals surface area contributed by atoms with Crippen LogP contribution in [-0.4, -0.2) is 70.1 Å². The van der Waals surface area contributed by atoms with Gasteiger partial charge in [0.1, 0.15) is 16.7 Å². The molecule has 0 unspecified atom stereocenters. The van der Waals surface area contributed by atoms with E-state index in [0.717, 1.165) is 11.3 Å². The van der Waals surface area contributed by atoms with Crippen LogP contribution < -0.4 is 20.7 Å². The van der Waals surface area contributed by atoms with E-state index in [0.29, 0.717) is 73.1 Å². The van der Waals surface area contributed by atoms with Crippen LogP contribution in [0.2, 0.25) is 0 Å². The summed E-state index contributed by atoms with van der Waals surface area (Å²) in [6.45, 7) is 4.01. The summed E-state index contributed by atoms with van der Waals surface area (Å²) in [6.07, 6.45) is -0.708. The summed E-state index contributed by atoms with van der Waals surface area (Å²) < 4.78 is 73.7. The third kappa shape index (κ3) is 7.11. The largest absolute Gasteiger partial charge is 0.492 e. The van der Waals surface area contributed by atoms with Crippen molar-refractivity contribution in [1.29, 1.82) is 0 Å². The molecule has 0 atom stereocenters. The predicted octanol–water partition coefficient (Wildman–Crippen LogP) is 2.98. The second-order valence-electron chi connectivity index (χ2n) is 9.75. The van der Waals surface area contributed by atoms with Crippen LogP contribution in [0.25, 0.3) is 33.9 Å². The van der Waals surface area contributed by atoms with Gasteiger partial charge in [-0.15, -0.1) is 0 Å². The van der Waals surface area contributed by atoms with Crippen LogP contribution in [0.4, 0.5) is 19.0 Å². The second-order valence-corrected chi connectivity index (χ2v) is 11.4. The predicted molar refractivity (Wildman–Crippen MR) is 156 cm³/mol. The van der Waals surface area contributed by atoms with E-state index in [4.69, 9.17) is 20.1 Å². The molecule has 0 radical (unpaired) electrons. The van der Waals surface area contributed by atoms with E-state index in [1.807, 2.05) is 23.6 Å². The lowest BCUT2D eigenvalue weighted by atomic mass is 10.1. The Balaban J connectivity index is 1.15. The number of sulfonamides is 1. The molecule has 244 valence electrons. The number of hydrogen-bond acceptors (Lipinski definition) is 12. The number of nitrogens with one attached hydrogen (secondary N) is 3. The molecule has 0 amide bonds. The standard InChI is InChI=1S/C27H28F3N9O6S/c1-2-39-23-19(15-34-20(18-5-3-12-33-18)21(23)35-25(39)22-24(31)37-45-36-22)43-14-4-11-32-13-10-16-6-8-17(9-7-16)46(41,42)38-44-26(40)27(28,29)30/h3,5-9,12,15,32-33,38H,2,4,10-11,13-14H2,1H3,(H2,31,37). The molecule has 1 aromatic carbocycles. The smallest absolute Gasteiger partial charge is 0.490 e. The molecule has 0 saturated heterocycles. The van der Waals surface area contributed by atoms with Crippen molar-refractivity contribution < 1.29 is 40.6 Å². The van der Waals surface area contributed by atoms with Crippen LogP contribution in [0.3, 0.4) is 0 Å². The van der Waals surface area contributed by atoms with Gasteiger partial charge in [0, 0.05) is 12.7 Å². The van der Waals surface area contributed by atoms with Crippen molar-refractivity contribution in [3.05, 3.63) is 54.4 Å². The molecule has 5 rings (SSSR count). The number of H-pyrrole nitrogens is 1. The zero-order valence-electron chi connectivity index (χ0n) is 24.2. The summed E-state index contributed by atoms with van der Waals surface area (Å²) in [6, 6.07) is 9.16. The van der Waals surface area contributed by atoms with Gasteiger partial charge >= 0.3 is 12.1 Å². The molecule has 15 nitrogen and oxygen atoms in total. The van der Waals surface area contributed by atoms with E-state index >= 15 is 0 Å². The molecule has 4 heterocycles. The van der Waals surface area contributed by atoms with Crippen molar-refractivity contribution in [3.8, 4) is 28.7 Å². The average Bonchev–Trinajstić information content (AvgIpc) is 3.79. The van der Waals surface area contributed by atoms with Gasteiger partial charge < -0.3 is 30.2 Å². The number of fused-ring (bicyclic) bond motifs is 1. The maximum Gasteiger partial charge on any atom is 0.492 e. The van der Waals surface area contributed by atoms with Gasteiger partial charge in [0.2, 0.25) is 0 Å². The number of nitrogen functional groups attached to an aromatic ring is 1. The molecule has 4 aromatic heterocycles. The Bertz CT molecular complexity index is 1910. The summed E-state index contributed by atoms with van der Waals surface area (Å²) in [5, 5.41) is 10.9. The molecule has 0 aliphatic heterocycles. The Kier molecular flexibility index (Phi) is 9.54. The first-order valence-electron chi connectivity index (χ1n) is 13.8. The Labute approximate surface area is 259 Å². The van der Waals surface area contributed by atoms with Crippen molar-refractivity contribution in [3.63, 3.8) is 0 Å². The number of aromatic nitrogens is 6. The number of nitrogens with zero attached hydrogens (tertiary/aromatic N) is 5. The number of imidazole rings is 1. The number of carbonyl (C=O) groups excluding carboxylic acids is 1. The summed E-state index contributed by atoms with van der Waals surface area (Å²) in [4.78, 5) is 27.7. The maximum atomic E-state index is 12.2. The number of benzene rings is 1.